The van der Waals surface area contributed by atoms with Crippen molar-refractivity contribution in [3.8, 4) is 0 Å². The predicted octanol–water partition coefficient (Wildman–Crippen LogP) is 3.74. The average Bonchev–Trinajstić information content (AvgIpc) is 3.15. The third-order valence-electron chi connectivity index (χ3n) is 5.27. The lowest BCUT2D eigenvalue weighted by atomic mass is 9.84. The van der Waals surface area contributed by atoms with Crippen LogP contribution < -0.4 is 10.6 Å². The molecule has 1 aliphatic heterocycles. The Morgan fingerprint density at radius 1 is 1.37 bits per heavy atom. The van der Waals surface area contributed by atoms with E-state index < -0.39 is 0 Å². The van der Waals surface area contributed by atoms with E-state index in [2.05, 4.69) is 52.0 Å². The van der Waals surface area contributed by atoms with Gasteiger partial charge in [0.05, 0.1) is 11.2 Å². The summed E-state index contributed by atoms with van der Waals surface area (Å²) < 4.78 is 0. The van der Waals surface area contributed by atoms with Crippen LogP contribution in [-0.4, -0.2) is 35.9 Å². The van der Waals surface area contributed by atoms with Gasteiger partial charge < -0.3 is 10.6 Å². The zero-order valence-corrected chi connectivity index (χ0v) is 17.1. The van der Waals surface area contributed by atoms with E-state index in [0.717, 1.165) is 37.6 Å². The van der Waals surface area contributed by atoms with Crippen LogP contribution in [0.5, 0.6) is 0 Å². The molecule has 2 heterocycles. The van der Waals surface area contributed by atoms with Gasteiger partial charge in [-0.2, -0.15) is 0 Å². The predicted molar refractivity (Wildman–Crippen MR) is 112 cm³/mol. The van der Waals surface area contributed by atoms with Crippen LogP contribution in [0.3, 0.4) is 0 Å². The molecule has 1 aliphatic rings. The Hall–Kier alpha value is -1.76. The minimum Gasteiger partial charge on any atom is -0.326 e. The molecule has 0 radical (unpaired) electrons. The van der Waals surface area contributed by atoms with Crippen molar-refractivity contribution in [2.24, 2.45) is 11.8 Å². The topological polar surface area (TPSA) is 57.3 Å². The lowest BCUT2D eigenvalue weighted by Crippen LogP contribution is -2.32. The summed E-state index contributed by atoms with van der Waals surface area (Å²) in [6, 6.07) is 8.16. The van der Waals surface area contributed by atoms with E-state index in [-0.39, 0.29) is 5.91 Å². The van der Waals surface area contributed by atoms with Crippen LogP contribution in [-0.2, 0) is 17.9 Å². The van der Waals surface area contributed by atoms with E-state index in [4.69, 9.17) is 0 Å². The second-order valence-corrected chi connectivity index (χ2v) is 8.39. The largest absolute Gasteiger partial charge is 0.326 e. The number of hydrogen-bond donors (Lipinski definition) is 2. The van der Waals surface area contributed by atoms with E-state index in [1.54, 1.807) is 11.3 Å². The highest BCUT2D eigenvalue weighted by molar-refractivity contribution is 7.07. The van der Waals surface area contributed by atoms with Gasteiger partial charge >= 0.3 is 0 Å². The van der Waals surface area contributed by atoms with Gasteiger partial charge in [0, 0.05) is 30.6 Å². The molecular formula is C21H30N4OS. The summed E-state index contributed by atoms with van der Waals surface area (Å²) >= 11 is 1.62. The molecule has 3 rings (SSSR count). The SMILES string of the molecule is CC(CC(=O)Nc1cccc(CN(C)Cc2cscn2)c1)C1CCNCC1. The Labute approximate surface area is 166 Å². The first-order valence-electron chi connectivity index (χ1n) is 9.75. The number of aromatic nitrogens is 1. The summed E-state index contributed by atoms with van der Waals surface area (Å²) in [5.74, 6) is 1.20. The van der Waals surface area contributed by atoms with Crippen LogP contribution in [0.1, 0.15) is 37.4 Å². The summed E-state index contributed by atoms with van der Waals surface area (Å²) in [6.45, 7) is 6.01. The highest BCUT2D eigenvalue weighted by Crippen LogP contribution is 2.25. The van der Waals surface area contributed by atoms with Crippen LogP contribution in [0.15, 0.2) is 35.2 Å². The molecule has 2 N–H and O–H groups in total. The number of nitrogens with zero attached hydrogens (tertiary/aromatic N) is 2. The van der Waals surface area contributed by atoms with Gasteiger partial charge in [-0.25, -0.2) is 4.98 Å². The molecule has 6 heteroatoms. The summed E-state index contributed by atoms with van der Waals surface area (Å²) in [5, 5.41) is 8.56. The average molecular weight is 387 g/mol. The van der Waals surface area contributed by atoms with Crippen LogP contribution in [0.2, 0.25) is 0 Å². The van der Waals surface area contributed by atoms with Crippen LogP contribution in [0, 0.1) is 11.8 Å². The smallest absolute Gasteiger partial charge is 0.224 e. The minimum atomic E-state index is 0.119. The van der Waals surface area contributed by atoms with Gasteiger partial charge in [-0.15, -0.1) is 11.3 Å². The molecule has 5 nitrogen and oxygen atoms in total. The number of anilines is 1. The quantitative estimate of drug-likeness (QED) is 0.726. The molecule has 146 valence electrons. The zero-order valence-electron chi connectivity index (χ0n) is 16.3. The first-order chi connectivity index (χ1) is 13.1. The fraction of sp³-hybridized carbons (Fsp3) is 0.524. The van der Waals surface area contributed by atoms with Gasteiger partial charge in [0.2, 0.25) is 5.91 Å². The lowest BCUT2D eigenvalue weighted by Gasteiger charge is -2.27. The van der Waals surface area contributed by atoms with Gasteiger partial charge in [-0.3, -0.25) is 9.69 Å². The van der Waals surface area contributed by atoms with Crippen molar-refractivity contribution in [2.45, 2.75) is 39.3 Å². The molecule has 0 saturated carbocycles. The molecule has 0 aliphatic carbocycles. The number of carbonyl (C=O) groups is 1. The fourth-order valence-electron chi connectivity index (χ4n) is 3.79. The Morgan fingerprint density at radius 2 is 2.19 bits per heavy atom. The van der Waals surface area contributed by atoms with E-state index in [9.17, 15) is 4.79 Å². The van der Waals surface area contributed by atoms with E-state index in [1.807, 2.05) is 17.6 Å². The second-order valence-electron chi connectivity index (χ2n) is 7.67. The summed E-state index contributed by atoms with van der Waals surface area (Å²) in [7, 11) is 2.09. The molecule has 1 atom stereocenters. The Kier molecular flexibility index (Phi) is 7.38. The number of amides is 1. The molecule has 2 aromatic rings. The Bertz CT molecular complexity index is 713. The number of rotatable bonds is 8. The number of thiazole rings is 1. The van der Waals surface area contributed by atoms with E-state index in [0.29, 0.717) is 18.3 Å². The van der Waals surface area contributed by atoms with Crippen molar-refractivity contribution in [3.63, 3.8) is 0 Å². The number of carbonyl (C=O) groups excluding carboxylic acids is 1. The lowest BCUT2D eigenvalue weighted by molar-refractivity contribution is -0.117. The first-order valence-corrected chi connectivity index (χ1v) is 10.7. The number of benzene rings is 1. The Balaban J connectivity index is 1.49. The van der Waals surface area contributed by atoms with Crippen LogP contribution in [0.25, 0.3) is 0 Å². The Morgan fingerprint density at radius 3 is 2.93 bits per heavy atom. The van der Waals surface area contributed by atoms with Gasteiger partial charge in [0.15, 0.2) is 0 Å². The normalized spacial score (nSPS) is 16.4. The molecule has 1 saturated heterocycles. The van der Waals surface area contributed by atoms with E-state index in [1.165, 1.54) is 18.4 Å². The standard InChI is InChI=1S/C21H30N4OS/c1-16(18-6-8-22-9-7-18)10-21(26)24-19-5-3-4-17(11-19)12-25(2)13-20-14-27-15-23-20/h3-5,11,14-16,18,22H,6-10,12-13H2,1-2H3,(H,24,26). The maximum atomic E-state index is 12.5. The molecule has 0 bridgehead atoms. The first kappa shape index (κ1) is 20.0. The number of piperidine rings is 1. The van der Waals surface area contributed by atoms with Gasteiger partial charge in [-0.05, 0) is 62.5 Å². The fourth-order valence-corrected chi connectivity index (χ4v) is 4.34. The summed E-state index contributed by atoms with van der Waals surface area (Å²) in [6.07, 6.45) is 2.95. The molecular weight excluding hydrogens is 356 g/mol. The maximum absolute atomic E-state index is 12.5. The molecule has 1 unspecified atom stereocenters. The van der Waals surface area contributed by atoms with Gasteiger partial charge in [0.25, 0.3) is 0 Å². The summed E-state index contributed by atoms with van der Waals surface area (Å²) in [4.78, 5) is 19.0. The third-order valence-corrected chi connectivity index (χ3v) is 5.91. The maximum Gasteiger partial charge on any atom is 0.224 e. The molecule has 1 amide bonds. The molecule has 0 spiro atoms. The van der Waals surface area contributed by atoms with E-state index >= 15 is 0 Å². The van der Waals surface area contributed by atoms with Crippen LogP contribution >= 0.6 is 11.3 Å². The molecule has 1 aromatic heterocycles. The van der Waals surface area contributed by atoms with Crippen LogP contribution in [0.4, 0.5) is 5.69 Å². The minimum absolute atomic E-state index is 0.119. The molecule has 1 aromatic carbocycles. The monoisotopic (exact) mass is 386 g/mol. The van der Waals surface area contributed by atoms with Crippen molar-refractivity contribution in [1.82, 2.24) is 15.2 Å². The highest BCUT2D eigenvalue weighted by Gasteiger charge is 2.22. The number of nitrogens with one attached hydrogen (secondary N) is 2. The highest BCUT2D eigenvalue weighted by atomic mass is 32.1. The molecule has 1 fully saturated rings. The second kappa shape index (κ2) is 9.97. The van der Waals surface area contributed by atoms with Crippen molar-refractivity contribution in [1.29, 1.82) is 0 Å². The molecule has 27 heavy (non-hydrogen) atoms. The van der Waals surface area contributed by atoms with Crippen molar-refractivity contribution < 1.29 is 4.79 Å². The third kappa shape index (κ3) is 6.41. The summed E-state index contributed by atoms with van der Waals surface area (Å²) in [5.41, 5.74) is 5.04. The van der Waals surface area contributed by atoms with Crippen molar-refractivity contribution in [2.75, 3.05) is 25.5 Å². The van der Waals surface area contributed by atoms with Crippen molar-refractivity contribution >= 4 is 22.9 Å². The number of hydrogen-bond acceptors (Lipinski definition) is 5. The van der Waals surface area contributed by atoms with Gasteiger partial charge in [-0.1, -0.05) is 19.1 Å². The van der Waals surface area contributed by atoms with Gasteiger partial charge in [0.1, 0.15) is 0 Å². The zero-order chi connectivity index (χ0) is 19.1. The van der Waals surface area contributed by atoms with Crippen molar-refractivity contribution in [3.05, 3.63) is 46.4 Å².